The van der Waals surface area contributed by atoms with E-state index >= 15 is 0 Å². The van der Waals surface area contributed by atoms with Gasteiger partial charge in [-0.2, -0.15) is 0 Å². The van der Waals surface area contributed by atoms with Crippen LogP contribution in [0.2, 0.25) is 0 Å². The van der Waals surface area contributed by atoms with Gasteiger partial charge in [-0.1, -0.05) is 18.1 Å². The van der Waals surface area contributed by atoms with Crippen LogP contribution in [-0.2, 0) is 16.0 Å². The van der Waals surface area contributed by atoms with Crippen LogP contribution in [-0.4, -0.2) is 22.3 Å². The molecule has 0 aromatic rings. The first-order valence-electron chi connectivity index (χ1n) is 3.10. The van der Waals surface area contributed by atoms with E-state index in [0.717, 1.165) is 18.5 Å². The Kier molecular flexibility index (Phi) is 6.09. The van der Waals surface area contributed by atoms with Crippen molar-refractivity contribution in [1.82, 2.24) is 0 Å². The first-order valence-corrected chi connectivity index (χ1v) is 4.58. The number of aldehydes is 1. The molecule has 0 aromatic carbocycles. The van der Waals surface area contributed by atoms with E-state index in [2.05, 4.69) is 0 Å². The van der Waals surface area contributed by atoms with E-state index < -0.39 is 11.2 Å². The lowest BCUT2D eigenvalue weighted by atomic mass is 10.6. The van der Waals surface area contributed by atoms with Crippen molar-refractivity contribution in [2.24, 2.45) is 0 Å². The van der Waals surface area contributed by atoms with Gasteiger partial charge in [-0.3, -0.25) is 0 Å². The van der Waals surface area contributed by atoms with Crippen molar-refractivity contribution in [1.29, 1.82) is 0 Å². The molecule has 3 heteroatoms. The van der Waals surface area contributed by atoms with E-state index in [1.165, 1.54) is 0 Å². The lowest BCUT2D eigenvalue weighted by molar-refractivity contribution is -0.107. The first-order chi connectivity index (χ1) is 4.31. The normalized spacial score (nSPS) is 13.1. The molecule has 0 aliphatic carbocycles. The van der Waals surface area contributed by atoms with Gasteiger partial charge in [-0.15, -0.1) is 0 Å². The Hall–Kier alpha value is -0.0200. The van der Waals surface area contributed by atoms with Gasteiger partial charge in [0.05, 0.1) is 0 Å². The minimum atomic E-state index is -0.751. The Morgan fingerprint density at radius 1 is 1.56 bits per heavy atom. The van der Waals surface area contributed by atoms with E-state index in [1.54, 1.807) is 0 Å². The highest BCUT2D eigenvalue weighted by molar-refractivity contribution is 7.91. The number of hydrogen-bond donors (Lipinski definition) is 0. The highest BCUT2D eigenvalue weighted by Crippen LogP contribution is 1.94. The molecule has 1 unspecified atom stereocenters. The van der Waals surface area contributed by atoms with Gasteiger partial charge < -0.3 is 9.35 Å². The Morgan fingerprint density at radius 3 is 2.67 bits per heavy atom. The zero-order valence-electron chi connectivity index (χ0n) is 5.63. The molecule has 1 atom stereocenters. The monoisotopic (exact) mass is 148 g/mol. The van der Waals surface area contributed by atoms with Crippen LogP contribution in [0.5, 0.6) is 0 Å². The summed E-state index contributed by atoms with van der Waals surface area (Å²) >= 11 is -0.751. The second-order valence-corrected chi connectivity index (χ2v) is 3.50. The molecule has 2 nitrogen and oxygen atoms in total. The summed E-state index contributed by atoms with van der Waals surface area (Å²) in [7, 11) is 0. The summed E-state index contributed by atoms with van der Waals surface area (Å²) in [6, 6.07) is 0. The largest absolute Gasteiger partial charge is 0.616 e. The number of carbonyl (C=O) groups is 1. The molecule has 0 aliphatic heterocycles. The molecule has 0 fully saturated rings. The lowest BCUT2D eigenvalue weighted by Crippen LogP contribution is -2.10. The third-order valence-corrected chi connectivity index (χ3v) is 2.45. The zero-order chi connectivity index (χ0) is 7.11. The molecular formula is C6H12O2S. The Morgan fingerprint density at radius 2 is 2.22 bits per heavy atom. The Labute approximate surface area is 58.8 Å². The van der Waals surface area contributed by atoms with Gasteiger partial charge >= 0.3 is 0 Å². The van der Waals surface area contributed by atoms with Crippen LogP contribution in [0.1, 0.15) is 19.8 Å². The topological polar surface area (TPSA) is 40.1 Å². The molecule has 0 amide bonds. The van der Waals surface area contributed by atoms with E-state index in [4.69, 9.17) is 0 Å². The maximum atomic E-state index is 10.8. The molecule has 0 saturated heterocycles. The zero-order valence-corrected chi connectivity index (χ0v) is 6.45. The minimum absolute atomic E-state index is 0.437. The van der Waals surface area contributed by atoms with E-state index in [0.29, 0.717) is 12.2 Å². The summed E-state index contributed by atoms with van der Waals surface area (Å²) < 4.78 is 10.8. The highest BCUT2D eigenvalue weighted by Gasteiger charge is 2.01. The summed E-state index contributed by atoms with van der Waals surface area (Å²) in [4.78, 5) is 9.78. The van der Waals surface area contributed by atoms with E-state index in [1.807, 2.05) is 6.92 Å². The average Bonchev–Trinajstić information content (AvgIpc) is 1.85. The van der Waals surface area contributed by atoms with Crippen molar-refractivity contribution in [2.45, 2.75) is 19.8 Å². The molecule has 0 radical (unpaired) electrons. The molecule has 0 aromatic heterocycles. The van der Waals surface area contributed by atoms with Crippen molar-refractivity contribution < 1.29 is 9.35 Å². The smallest absolute Gasteiger partial charge is 0.124 e. The molecule has 0 rings (SSSR count). The summed E-state index contributed by atoms with van der Waals surface area (Å²) in [6.45, 7) is 1.98. The molecule has 54 valence electrons. The van der Waals surface area contributed by atoms with Crippen molar-refractivity contribution >= 4 is 17.5 Å². The van der Waals surface area contributed by atoms with Crippen molar-refractivity contribution in [2.75, 3.05) is 11.5 Å². The summed E-state index contributed by atoms with van der Waals surface area (Å²) in [5, 5.41) is 0. The fourth-order valence-electron chi connectivity index (χ4n) is 0.509. The molecule has 9 heavy (non-hydrogen) atoms. The van der Waals surface area contributed by atoms with E-state index in [-0.39, 0.29) is 0 Å². The van der Waals surface area contributed by atoms with Crippen molar-refractivity contribution in [3.05, 3.63) is 0 Å². The van der Waals surface area contributed by atoms with Crippen LogP contribution in [0.25, 0.3) is 0 Å². The second-order valence-electron chi connectivity index (χ2n) is 1.80. The molecule has 0 bridgehead atoms. The van der Waals surface area contributed by atoms with Gasteiger partial charge in [0, 0.05) is 6.42 Å². The van der Waals surface area contributed by atoms with Gasteiger partial charge in [-0.25, -0.2) is 0 Å². The first kappa shape index (κ1) is 8.98. The number of hydrogen-bond acceptors (Lipinski definition) is 2. The quantitative estimate of drug-likeness (QED) is 0.426. The fourth-order valence-corrected chi connectivity index (χ4v) is 1.53. The molecular weight excluding hydrogens is 136 g/mol. The summed E-state index contributed by atoms with van der Waals surface area (Å²) in [6.07, 6.45) is 2.19. The van der Waals surface area contributed by atoms with Crippen molar-refractivity contribution in [3.8, 4) is 0 Å². The summed E-state index contributed by atoms with van der Waals surface area (Å²) in [5.41, 5.74) is 0. The van der Waals surface area contributed by atoms with Crippen molar-refractivity contribution in [3.63, 3.8) is 0 Å². The van der Waals surface area contributed by atoms with Gasteiger partial charge in [-0.05, 0) is 6.42 Å². The third kappa shape index (κ3) is 5.86. The maximum Gasteiger partial charge on any atom is 0.124 e. The van der Waals surface area contributed by atoms with Gasteiger partial charge in [0.2, 0.25) is 0 Å². The Balaban J connectivity index is 3.04. The van der Waals surface area contributed by atoms with Crippen LogP contribution in [0.4, 0.5) is 0 Å². The maximum absolute atomic E-state index is 10.8. The average molecular weight is 148 g/mol. The van der Waals surface area contributed by atoms with Crippen LogP contribution in [0.15, 0.2) is 0 Å². The predicted molar refractivity (Wildman–Crippen MR) is 38.8 cm³/mol. The van der Waals surface area contributed by atoms with Crippen LogP contribution < -0.4 is 0 Å². The van der Waals surface area contributed by atoms with Crippen LogP contribution >= 0.6 is 0 Å². The molecule has 0 spiro atoms. The van der Waals surface area contributed by atoms with Gasteiger partial charge in [0.25, 0.3) is 0 Å². The van der Waals surface area contributed by atoms with Gasteiger partial charge in [0.1, 0.15) is 17.8 Å². The minimum Gasteiger partial charge on any atom is -0.616 e. The second kappa shape index (κ2) is 6.11. The fraction of sp³-hybridized carbons (Fsp3) is 0.833. The van der Waals surface area contributed by atoms with Crippen LogP contribution in [0, 0.1) is 0 Å². The highest BCUT2D eigenvalue weighted by atomic mass is 32.2. The van der Waals surface area contributed by atoms with E-state index in [9.17, 15) is 9.35 Å². The van der Waals surface area contributed by atoms with Crippen LogP contribution in [0.3, 0.4) is 0 Å². The molecule has 0 heterocycles. The number of rotatable bonds is 5. The van der Waals surface area contributed by atoms with Gasteiger partial charge in [0.15, 0.2) is 0 Å². The standard InChI is InChI=1S/C6H12O2S/c1-2-5-9(8)6-3-4-7/h4H,2-3,5-6H2,1H3. The summed E-state index contributed by atoms with van der Waals surface area (Å²) in [5.74, 6) is 1.27. The SMILES string of the molecule is CCC[S+]([O-])CCC=O. The third-order valence-electron chi connectivity index (χ3n) is 0.895. The number of carbonyl (C=O) groups excluding carboxylic acids is 1. The Bertz CT molecular complexity index is 75.5. The predicted octanol–water partition coefficient (Wildman–Crippen LogP) is 0.734. The molecule has 0 N–H and O–H groups in total. The molecule has 0 aliphatic rings. The molecule has 0 saturated carbocycles. The lowest BCUT2D eigenvalue weighted by Gasteiger charge is -2.06.